The van der Waals surface area contributed by atoms with Gasteiger partial charge in [0.1, 0.15) is 5.75 Å². The molecule has 7 nitrogen and oxygen atoms in total. The summed E-state index contributed by atoms with van der Waals surface area (Å²) in [7, 11) is 0. The molecule has 10 heteroatoms. The summed E-state index contributed by atoms with van der Waals surface area (Å²) < 4.78 is 27.7. The molecule has 2 saturated heterocycles. The molecule has 2 heterocycles. The van der Waals surface area contributed by atoms with Crippen LogP contribution in [0, 0.1) is 5.41 Å². The van der Waals surface area contributed by atoms with Crippen LogP contribution in [0.5, 0.6) is 5.75 Å². The first-order valence-electron chi connectivity index (χ1n) is 12.6. The molecule has 204 valence electrons. The lowest BCUT2D eigenvalue weighted by molar-refractivity contribution is -0.133. The van der Waals surface area contributed by atoms with Gasteiger partial charge in [-0.15, -0.1) is 6.58 Å². The second kappa shape index (κ2) is 11.3. The fourth-order valence-corrected chi connectivity index (χ4v) is 5.41. The van der Waals surface area contributed by atoms with Crippen molar-refractivity contribution >= 4 is 34.8 Å². The Hall–Kier alpha value is -3.17. The average molecular weight is 547 g/mol. The largest absolute Gasteiger partial charge is 0.507 e. The summed E-state index contributed by atoms with van der Waals surface area (Å²) in [5.41, 5.74) is -0.171. The van der Waals surface area contributed by atoms with Crippen LogP contribution in [-0.2, 0) is 15.5 Å². The van der Waals surface area contributed by atoms with Gasteiger partial charge in [-0.3, -0.25) is 14.5 Å². The van der Waals surface area contributed by atoms with Crippen molar-refractivity contribution in [2.24, 2.45) is 5.41 Å². The molecule has 0 radical (unpaired) electrons. The summed E-state index contributed by atoms with van der Waals surface area (Å²) in [5, 5.41) is 13.2. The van der Waals surface area contributed by atoms with Crippen LogP contribution in [0.25, 0.3) is 0 Å². The third kappa shape index (κ3) is 6.27. The molecule has 2 aliphatic heterocycles. The Bertz CT molecular complexity index is 1200. The first kappa shape index (κ1) is 27.9. The van der Waals surface area contributed by atoms with Crippen molar-refractivity contribution in [2.75, 3.05) is 56.0 Å². The third-order valence-corrected chi connectivity index (χ3v) is 7.58. The van der Waals surface area contributed by atoms with Crippen molar-refractivity contribution < 1.29 is 23.5 Å². The zero-order valence-corrected chi connectivity index (χ0v) is 22.2. The number of alkyl halides is 2. The summed E-state index contributed by atoms with van der Waals surface area (Å²) in [6.07, 6.45) is 2.56. The van der Waals surface area contributed by atoms with E-state index >= 15 is 0 Å². The molecule has 4 rings (SSSR count). The highest BCUT2D eigenvalue weighted by Gasteiger charge is 2.44. The maximum Gasteiger partial charge on any atom is 0.274 e. The number of nitrogens with zero attached hydrogens (tertiary/aromatic N) is 3. The monoisotopic (exact) mass is 546 g/mol. The minimum atomic E-state index is -3.26. The molecule has 0 aliphatic carbocycles. The molecule has 2 N–H and O–H groups in total. The molecule has 1 atom stereocenters. The van der Waals surface area contributed by atoms with E-state index in [0.29, 0.717) is 64.1 Å². The van der Waals surface area contributed by atoms with Crippen LogP contribution in [0.15, 0.2) is 55.1 Å². The molecule has 0 spiro atoms. The number of likely N-dealkylation sites (tertiary alicyclic amines) is 1. The van der Waals surface area contributed by atoms with Crippen molar-refractivity contribution in [3.8, 4) is 5.75 Å². The van der Waals surface area contributed by atoms with E-state index in [4.69, 9.17) is 11.6 Å². The number of phenols is 1. The van der Waals surface area contributed by atoms with E-state index in [1.54, 1.807) is 6.08 Å². The van der Waals surface area contributed by atoms with E-state index in [1.165, 1.54) is 6.07 Å². The van der Waals surface area contributed by atoms with E-state index in [9.17, 15) is 23.5 Å². The van der Waals surface area contributed by atoms with Crippen LogP contribution < -0.4 is 10.2 Å². The number of aromatic hydroxyl groups is 1. The minimum Gasteiger partial charge on any atom is -0.507 e. The number of carbonyl (C=O) groups is 2. The van der Waals surface area contributed by atoms with Crippen LogP contribution in [0.3, 0.4) is 0 Å². The number of amides is 2. The first-order valence-corrected chi connectivity index (χ1v) is 13.0. The molecular formula is C28H33ClF2N4O3. The number of carbonyl (C=O) groups excluding carboxylic acids is 2. The molecule has 2 fully saturated rings. The lowest BCUT2D eigenvalue weighted by Gasteiger charge is -2.37. The Labute approximate surface area is 226 Å². The highest BCUT2D eigenvalue weighted by atomic mass is 35.5. The number of benzene rings is 2. The van der Waals surface area contributed by atoms with E-state index < -0.39 is 22.7 Å². The topological polar surface area (TPSA) is 76.1 Å². The average Bonchev–Trinajstić information content (AvgIpc) is 3.28. The number of piperazine rings is 1. The Morgan fingerprint density at radius 3 is 2.55 bits per heavy atom. The van der Waals surface area contributed by atoms with Gasteiger partial charge in [-0.2, -0.15) is 0 Å². The van der Waals surface area contributed by atoms with Crippen molar-refractivity contribution in [2.45, 2.75) is 25.7 Å². The second-order valence-corrected chi connectivity index (χ2v) is 10.6. The molecule has 38 heavy (non-hydrogen) atoms. The predicted octanol–water partition coefficient (Wildman–Crippen LogP) is 4.71. The molecule has 1 unspecified atom stereocenters. The SMILES string of the molecule is C=CCC1(C(=O)Nc2ccc(O)c(C(C)(F)F)c2)CCN(CC(=O)N2CCN(c3cccc(Cl)c3)CC2)C1. The van der Waals surface area contributed by atoms with Gasteiger partial charge in [0.25, 0.3) is 5.92 Å². The molecular weight excluding hydrogens is 514 g/mol. The van der Waals surface area contributed by atoms with Crippen molar-refractivity contribution in [3.63, 3.8) is 0 Å². The summed E-state index contributed by atoms with van der Waals surface area (Å²) in [5.74, 6) is -4.10. The number of halogens is 3. The number of allylic oxidation sites excluding steroid dienone is 1. The van der Waals surface area contributed by atoms with Gasteiger partial charge in [0, 0.05) is 56.0 Å². The van der Waals surface area contributed by atoms with Crippen LogP contribution in [0.4, 0.5) is 20.2 Å². The number of hydrogen-bond donors (Lipinski definition) is 2. The quantitative estimate of drug-likeness (QED) is 0.370. The Morgan fingerprint density at radius 1 is 1.16 bits per heavy atom. The molecule has 2 amide bonds. The number of hydrogen-bond acceptors (Lipinski definition) is 5. The summed E-state index contributed by atoms with van der Waals surface area (Å²) in [6.45, 7) is 8.22. The van der Waals surface area contributed by atoms with E-state index in [2.05, 4.69) is 16.8 Å². The van der Waals surface area contributed by atoms with Crippen molar-refractivity contribution in [1.29, 1.82) is 0 Å². The predicted molar refractivity (Wildman–Crippen MR) is 145 cm³/mol. The Kier molecular flexibility index (Phi) is 8.28. The molecule has 2 aromatic carbocycles. The second-order valence-electron chi connectivity index (χ2n) is 10.2. The van der Waals surface area contributed by atoms with E-state index in [-0.39, 0.29) is 24.0 Å². The first-order chi connectivity index (χ1) is 18.0. The zero-order chi connectivity index (χ0) is 27.5. The van der Waals surface area contributed by atoms with Crippen LogP contribution in [0.1, 0.15) is 25.3 Å². The van der Waals surface area contributed by atoms with Gasteiger partial charge >= 0.3 is 0 Å². The molecule has 0 aromatic heterocycles. The maximum atomic E-state index is 13.8. The molecule has 2 aromatic rings. The van der Waals surface area contributed by atoms with Gasteiger partial charge in [0.15, 0.2) is 0 Å². The fourth-order valence-electron chi connectivity index (χ4n) is 5.22. The summed E-state index contributed by atoms with van der Waals surface area (Å²) >= 11 is 6.11. The number of rotatable bonds is 8. The van der Waals surface area contributed by atoms with E-state index in [1.807, 2.05) is 34.1 Å². The highest BCUT2D eigenvalue weighted by molar-refractivity contribution is 6.30. The maximum absolute atomic E-state index is 13.8. The molecule has 0 saturated carbocycles. The standard InChI is InChI=1S/C28H33ClF2N4O3/c1-3-9-28(26(38)32-21-7-8-24(36)23(17-21)27(2,30)31)10-11-33(19-28)18-25(37)35-14-12-34(13-15-35)22-6-4-5-20(29)16-22/h3-8,16-17,36H,1,9-15,18-19H2,2H3,(H,32,38). The van der Waals surface area contributed by atoms with Gasteiger partial charge in [-0.25, -0.2) is 8.78 Å². The van der Waals surface area contributed by atoms with Crippen molar-refractivity contribution in [3.05, 3.63) is 65.7 Å². The van der Waals surface area contributed by atoms with Gasteiger partial charge in [0.05, 0.1) is 17.5 Å². The third-order valence-electron chi connectivity index (χ3n) is 7.34. The van der Waals surface area contributed by atoms with Gasteiger partial charge in [0.2, 0.25) is 11.8 Å². The normalized spacial score (nSPS) is 20.4. The van der Waals surface area contributed by atoms with Gasteiger partial charge < -0.3 is 20.2 Å². The lowest BCUT2D eigenvalue weighted by atomic mass is 9.82. The van der Waals surface area contributed by atoms with E-state index in [0.717, 1.165) is 17.8 Å². The van der Waals surface area contributed by atoms with Crippen molar-refractivity contribution in [1.82, 2.24) is 9.80 Å². The molecule has 0 bridgehead atoms. The number of nitrogens with one attached hydrogen (secondary N) is 1. The Morgan fingerprint density at radius 2 is 1.89 bits per heavy atom. The van der Waals surface area contributed by atoms with Gasteiger partial charge in [-0.1, -0.05) is 23.7 Å². The molecule has 2 aliphatic rings. The highest BCUT2D eigenvalue weighted by Crippen LogP contribution is 2.38. The zero-order valence-electron chi connectivity index (χ0n) is 21.4. The smallest absolute Gasteiger partial charge is 0.274 e. The number of phenolic OH excluding ortho intramolecular Hbond substituents is 1. The lowest BCUT2D eigenvalue weighted by Crippen LogP contribution is -2.51. The summed E-state index contributed by atoms with van der Waals surface area (Å²) in [6, 6.07) is 11.3. The van der Waals surface area contributed by atoms with Gasteiger partial charge in [-0.05, 0) is 55.8 Å². The summed E-state index contributed by atoms with van der Waals surface area (Å²) in [4.78, 5) is 32.4. The van der Waals surface area contributed by atoms with Crippen LogP contribution in [-0.4, -0.2) is 72.5 Å². The fraction of sp³-hybridized carbons (Fsp3) is 0.429. The Balaban J connectivity index is 1.35. The number of anilines is 2. The van der Waals surface area contributed by atoms with Crippen LogP contribution in [0.2, 0.25) is 5.02 Å². The minimum absolute atomic E-state index is 0.0129. The van der Waals surface area contributed by atoms with Crippen LogP contribution >= 0.6 is 11.6 Å².